The van der Waals surface area contributed by atoms with Gasteiger partial charge in [0.15, 0.2) is 0 Å². The smallest absolute Gasteiger partial charge is 0.271 e. The van der Waals surface area contributed by atoms with E-state index in [1.165, 1.54) is 6.20 Å². The highest BCUT2D eigenvalue weighted by atomic mass is 32.1. The van der Waals surface area contributed by atoms with E-state index in [4.69, 9.17) is 0 Å². The van der Waals surface area contributed by atoms with Crippen molar-refractivity contribution in [2.24, 2.45) is 0 Å². The number of carbonyl (C=O) groups is 1. The Morgan fingerprint density at radius 2 is 2.25 bits per heavy atom. The van der Waals surface area contributed by atoms with Crippen molar-refractivity contribution in [3.63, 3.8) is 0 Å². The van der Waals surface area contributed by atoms with E-state index in [-0.39, 0.29) is 5.91 Å². The second-order valence-corrected chi connectivity index (χ2v) is 4.92. The van der Waals surface area contributed by atoms with E-state index in [2.05, 4.69) is 32.5 Å². The van der Waals surface area contributed by atoms with E-state index < -0.39 is 0 Å². The molecule has 106 valence electrons. The van der Waals surface area contributed by atoms with Crippen molar-refractivity contribution in [2.45, 2.75) is 19.8 Å². The summed E-state index contributed by atoms with van der Waals surface area (Å²) in [7, 11) is 0. The number of anilines is 1. The molecule has 0 radical (unpaired) electrons. The summed E-state index contributed by atoms with van der Waals surface area (Å²) in [6.07, 6.45) is 4.79. The average Bonchev–Trinajstić information content (AvgIpc) is 2.98. The lowest BCUT2D eigenvalue weighted by molar-refractivity contribution is 0.0949. The predicted octanol–water partition coefficient (Wildman–Crippen LogP) is 1.73. The molecular weight excluding hydrogens is 274 g/mol. The first-order valence-corrected chi connectivity index (χ1v) is 7.45. The van der Waals surface area contributed by atoms with Crippen molar-refractivity contribution in [3.8, 4) is 0 Å². The Kier molecular flexibility index (Phi) is 5.43. The second-order valence-electron chi connectivity index (χ2n) is 4.20. The maximum Gasteiger partial charge on any atom is 0.271 e. The number of nitrogens with zero attached hydrogens (tertiary/aromatic N) is 3. The monoisotopic (exact) mass is 291 g/mol. The first-order valence-electron chi connectivity index (χ1n) is 6.50. The van der Waals surface area contributed by atoms with Gasteiger partial charge in [-0.25, -0.2) is 9.97 Å². The van der Waals surface area contributed by atoms with Crippen LogP contribution >= 0.6 is 11.3 Å². The van der Waals surface area contributed by atoms with Gasteiger partial charge in [-0.1, -0.05) is 6.92 Å². The van der Waals surface area contributed by atoms with Gasteiger partial charge < -0.3 is 10.6 Å². The number of amides is 1. The van der Waals surface area contributed by atoms with Gasteiger partial charge in [-0.05, 0) is 6.42 Å². The summed E-state index contributed by atoms with van der Waals surface area (Å²) in [6, 6.07) is 0. The molecule has 0 saturated carbocycles. The van der Waals surface area contributed by atoms with Crippen LogP contribution in [0.4, 0.5) is 5.82 Å². The van der Waals surface area contributed by atoms with Gasteiger partial charge in [0.25, 0.3) is 5.91 Å². The Morgan fingerprint density at radius 3 is 3.00 bits per heavy atom. The molecule has 0 fully saturated rings. The fraction of sp³-hybridized carbons (Fsp3) is 0.385. The van der Waals surface area contributed by atoms with Crippen molar-refractivity contribution in [3.05, 3.63) is 34.7 Å². The average molecular weight is 291 g/mol. The van der Waals surface area contributed by atoms with Crippen LogP contribution in [0.5, 0.6) is 0 Å². The van der Waals surface area contributed by atoms with E-state index >= 15 is 0 Å². The fourth-order valence-electron chi connectivity index (χ4n) is 1.57. The molecule has 0 saturated heterocycles. The summed E-state index contributed by atoms with van der Waals surface area (Å²) in [5.74, 6) is 0.409. The third-order valence-corrected chi connectivity index (χ3v) is 3.21. The largest absolute Gasteiger partial charge is 0.369 e. The van der Waals surface area contributed by atoms with Gasteiger partial charge >= 0.3 is 0 Å². The van der Waals surface area contributed by atoms with Gasteiger partial charge in [0.05, 0.1) is 23.6 Å². The molecule has 0 spiro atoms. The van der Waals surface area contributed by atoms with Crippen LogP contribution in [0.25, 0.3) is 0 Å². The minimum absolute atomic E-state index is 0.215. The van der Waals surface area contributed by atoms with Crippen LogP contribution in [0.15, 0.2) is 23.3 Å². The third kappa shape index (κ3) is 4.27. The number of hydrogen-bond acceptors (Lipinski definition) is 6. The Balaban J connectivity index is 1.85. The molecule has 7 heteroatoms. The van der Waals surface area contributed by atoms with Crippen LogP contribution in [0.2, 0.25) is 0 Å². The quantitative estimate of drug-likeness (QED) is 0.812. The molecule has 0 aromatic carbocycles. The summed E-state index contributed by atoms with van der Waals surface area (Å²) in [5, 5.41) is 7.90. The maximum absolute atomic E-state index is 11.9. The Morgan fingerprint density at radius 1 is 1.35 bits per heavy atom. The van der Waals surface area contributed by atoms with Crippen molar-refractivity contribution in [1.82, 2.24) is 20.3 Å². The van der Waals surface area contributed by atoms with Crippen molar-refractivity contribution in [2.75, 3.05) is 18.4 Å². The van der Waals surface area contributed by atoms with E-state index in [9.17, 15) is 4.79 Å². The number of aromatic nitrogens is 3. The van der Waals surface area contributed by atoms with Crippen molar-refractivity contribution in [1.29, 1.82) is 0 Å². The summed E-state index contributed by atoms with van der Waals surface area (Å²) < 4.78 is 0. The topological polar surface area (TPSA) is 79.8 Å². The van der Waals surface area contributed by atoms with E-state index in [1.807, 2.05) is 5.38 Å². The molecule has 0 unspecified atom stereocenters. The summed E-state index contributed by atoms with van der Waals surface area (Å²) in [6.45, 7) is 3.41. The number of thiazole rings is 1. The molecule has 2 heterocycles. The third-order valence-electron chi connectivity index (χ3n) is 2.57. The second kappa shape index (κ2) is 7.54. The van der Waals surface area contributed by atoms with E-state index in [1.54, 1.807) is 23.0 Å². The Hall–Kier alpha value is -2.02. The number of rotatable bonds is 7. The SMILES string of the molecule is CCCNc1cncc(C(=O)NCCc2cscn2)n1. The van der Waals surface area contributed by atoms with Crippen LogP contribution in [-0.4, -0.2) is 33.9 Å². The lowest BCUT2D eigenvalue weighted by Crippen LogP contribution is -2.27. The summed E-state index contributed by atoms with van der Waals surface area (Å²) in [4.78, 5) is 24.3. The van der Waals surface area contributed by atoms with Crippen molar-refractivity contribution >= 4 is 23.1 Å². The molecule has 2 rings (SSSR count). The highest BCUT2D eigenvalue weighted by molar-refractivity contribution is 7.07. The van der Waals surface area contributed by atoms with Gasteiger partial charge in [-0.2, -0.15) is 0 Å². The molecule has 6 nitrogen and oxygen atoms in total. The van der Waals surface area contributed by atoms with Gasteiger partial charge in [-0.3, -0.25) is 9.78 Å². The zero-order chi connectivity index (χ0) is 14.2. The highest BCUT2D eigenvalue weighted by Crippen LogP contribution is 2.03. The molecule has 20 heavy (non-hydrogen) atoms. The van der Waals surface area contributed by atoms with E-state index in [0.29, 0.717) is 18.1 Å². The van der Waals surface area contributed by atoms with Crippen LogP contribution < -0.4 is 10.6 Å². The Bertz CT molecular complexity index is 543. The molecule has 0 atom stereocenters. The minimum atomic E-state index is -0.215. The van der Waals surface area contributed by atoms with Crippen LogP contribution in [0.3, 0.4) is 0 Å². The molecule has 0 bridgehead atoms. The molecule has 0 aliphatic carbocycles. The molecule has 2 aromatic rings. The van der Waals surface area contributed by atoms with E-state index in [0.717, 1.165) is 25.1 Å². The number of nitrogens with one attached hydrogen (secondary N) is 2. The highest BCUT2D eigenvalue weighted by Gasteiger charge is 2.08. The minimum Gasteiger partial charge on any atom is -0.369 e. The normalized spacial score (nSPS) is 10.2. The molecule has 0 aliphatic heterocycles. The molecule has 0 aliphatic rings. The standard InChI is InChI=1S/C13H17N5OS/c1-2-4-15-12-7-14-6-11(18-12)13(19)16-5-3-10-8-20-9-17-10/h6-9H,2-5H2,1H3,(H,15,18)(H,16,19). The zero-order valence-corrected chi connectivity index (χ0v) is 12.1. The maximum atomic E-state index is 11.9. The van der Waals surface area contributed by atoms with Crippen molar-refractivity contribution < 1.29 is 4.79 Å². The Labute approximate surface area is 121 Å². The van der Waals surface area contributed by atoms with Crippen LogP contribution in [0.1, 0.15) is 29.5 Å². The number of carbonyl (C=O) groups excluding carboxylic acids is 1. The van der Waals surface area contributed by atoms with Crippen LogP contribution in [0, 0.1) is 0 Å². The molecule has 2 aromatic heterocycles. The first-order chi connectivity index (χ1) is 9.79. The lowest BCUT2D eigenvalue weighted by atomic mass is 10.3. The summed E-state index contributed by atoms with van der Waals surface area (Å²) in [5.41, 5.74) is 3.09. The lowest BCUT2D eigenvalue weighted by Gasteiger charge is -2.06. The van der Waals surface area contributed by atoms with Gasteiger partial charge in [-0.15, -0.1) is 11.3 Å². The number of hydrogen-bond donors (Lipinski definition) is 2. The molecular formula is C13H17N5OS. The van der Waals surface area contributed by atoms with Gasteiger partial charge in [0.2, 0.25) is 0 Å². The fourth-order valence-corrected chi connectivity index (χ4v) is 2.16. The summed E-state index contributed by atoms with van der Waals surface area (Å²) >= 11 is 1.55. The predicted molar refractivity (Wildman–Crippen MR) is 79.0 cm³/mol. The van der Waals surface area contributed by atoms with Gasteiger partial charge in [0.1, 0.15) is 11.5 Å². The molecule has 2 N–H and O–H groups in total. The van der Waals surface area contributed by atoms with Gasteiger partial charge in [0, 0.05) is 24.9 Å². The molecule has 1 amide bonds. The van der Waals surface area contributed by atoms with Crippen LogP contribution in [-0.2, 0) is 6.42 Å². The zero-order valence-electron chi connectivity index (χ0n) is 11.3. The first kappa shape index (κ1) is 14.4.